The molecule has 22 heavy (non-hydrogen) atoms. The average molecular weight is 327 g/mol. The van der Waals surface area contributed by atoms with Gasteiger partial charge in [0.2, 0.25) is 21.8 Å². The largest absolute Gasteiger partial charge is 0.355 e. The van der Waals surface area contributed by atoms with Crippen LogP contribution in [-0.2, 0) is 19.6 Å². The molecule has 3 N–H and O–H groups in total. The van der Waals surface area contributed by atoms with Gasteiger partial charge in [0.1, 0.15) is 0 Å². The van der Waals surface area contributed by atoms with Gasteiger partial charge in [-0.1, -0.05) is 13.0 Å². The van der Waals surface area contributed by atoms with Gasteiger partial charge in [-0.05, 0) is 24.6 Å². The molecule has 2 amide bonds. The first kappa shape index (κ1) is 18.0. The molecule has 7 nitrogen and oxygen atoms in total. The Kier molecular flexibility index (Phi) is 6.84. The molecule has 0 aliphatic heterocycles. The SMILES string of the molecule is CCCC(=O)NCCS(=O)(=O)Nc1cccc(NC(C)=O)c1. The van der Waals surface area contributed by atoms with E-state index in [2.05, 4.69) is 15.4 Å². The van der Waals surface area contributed by atoms with Crippen LogP contribution in [0.25, 0.3) is 0 Å². The number of hydrogen-bond donors (Lipinski definition) is 3. The maximum absolute atomic E-state index is 11.9. The highest BCUT2D eigenvalue weighted by molar-refractivity contribution is 7.92. The molecule has 0 fully saturated rings. The Balaban J connectivity index is 2.57. The minimum atomic E-state index is -3.57. The van der Waals surface area contributed by atoms with Gasteiger partial charge in [0, 0.05) is 25.6 Å². The number of benzene rings is 1. The van der Waals surface area contributed by atoms with Gasteiger partial charge in [-0.15, -0.1) is 0 Å². The van der Waals surface area contributed by atoms with Crippen LogP contribution in [-0.4, -0.2) is 32.5 Å². The van der Waals surface area contributed by atoms with Crippen LogP contribution >= 0.6 is 0 Å². The molecule has 1 rings (SSSR count). The van der Waals surface area contributed by atoms with E-state index in [-0.39, 0.29) is 24.1 Å². The fourth-order valence-electron chi connectivity index (χ4n) is 1.73. The van der Waals surface area contributed by atoms with Crippen LogP contribution in [0.3, 0.4) is 0 Å². The number of nitrogens with one attached hydrogen (secondary N) is 3. The van der Waals surface area contributed by atoms with Crippen molar-refractivity contribution in [3.63, 3.8) is 0 Å². The van der Waals surface area contributed by atoms with Crippen LogP contribution in [0.1, 0.15) is 26.7 Å². The summed E-state index contributed by atoms with van der Waals surface area (Å²) in [4.78, 5) is 22.2. The van der Waals surface area contributed by atoms with Gasteiger partial charge in [0.15, 0.2) is 0 Å². The molecule has 0 aromatic heterocycles. The van der Waals surface area contributed by atoms with Crippen LogP contribution in [0.5, 0.6) is 0 Å². The Morgan fingerprint density at radius 3 is 2.50 bits per heavy atom. The van der Waals surface area contributed by atoms with Crippen molar-refractivity contribution in [2.45, 2.75) is 26.7 Å². The molecular formula is C14H21N3O4S. The van der Waals surface area contributed by atoms with E-state index in [4.69, 9.17) is 0 Å². The van der Waals surface area contributed by atoms with E-state index in [1.807, 2.05) is 6.92 Å². The lowest BCUT2D eigenvalue weighted by molar-refractivity contribution is -0.121. The van der Waals surface area contributed by atoms with Crippen molar-refractivity contribution in [1.82, 2.24) is 5.32 Å². The van der Waals surface area contributed by atoms with Gasteiger partial charge in [-0.25, -0.2) is 8.42 Å². The Morgan fingerprint density at radius 2 is 1.86 bits per heavy atom. The number of sulfonamides is 1. The van der Waals surface area contributed by atoms with E-state index in [9.17, 15) is 18.0 Å². The van der Waals surface area contributed by atoms with Crippen molar-refractivity contribution in [3.8, 4) is 0 Å². The molecule has 122 valence electrons. The number of carbonyl (C=O) groups excluding carboxylic acids is 2. The van der Waals surface area contributed by atoms with Gasteiger partial charge >= 0.3 is 0 Å². The van der Waals surface area contributed by atoms with E-state index in [1.54, 1.807) is 18.2 Å². The first-order valence-corrected chi connectivity index (χ1v) is 8.62. The highest BCUT2D eigenvalue weighted by Crippen LogP contribution is 2.16. The van der Waals surface area contributed by atoms with Crippen LogP contribution in [0, 0.1) is 0 Å². The van der Waals surface area contributed by atoms with Crippen LogP contribution in [0.4, 0.5) is 11.4 Å². The smallest absolute Gasteiger partial charge is 0.234 e. The Bertz CT molecular complexity index is 629. The van der Waals surface area contributed by atoms with Crippen molar-refractivity contribution in [1.29, 1.82) is 0 Å². The molecule has 0 bridgehead atoms. The summed E-state index contributed by atoms with van der Waals surface area (Å²) < 4.78 is 26.3. The standard InChI is InChI=1S/C14H21N3O4S/c1-3-5-14(19)15-8-9-22(20,21)17-13-7-4-6-12(10-13)16-11(2)18/h4,6-7,10,17H,3,5,8-9H2,1-2H3,(H,15,19)(H,16,18). The third kappa shape index (κ3) is 7.07. The van der Waals surface area contributed by atoms with Crippen LogP contribution in [0.2, 0.25) is 0 Å². The fourth-order valence-corrected chi connectivity index (χ4v) is 2.69. The number of hydrogen-bond acceptors (Lipinski definition) is 4. The summed E-state index contributed by atoms with van der Waals surface area (Å²) in [5.41, 5.74) is 0.857. The molecule has 8 heteroatoms. The Hall–Kier alpha value is -2.09. The summed E-state index contributed by atoms with van der Waals surface area (Å²) in [5, 5.41) is 5.12. The molecule has 0 radical (unpaired) electrons. The van der Waals surface area contributed by atoms with Gasteiger partial charge in [-0.3, -0.25) is 14.3 Å². The minimum absolute atomic E-state index is 0.0551. The number of carbonyl (C=O) groups is 2. The molecule has 1 aromatic rings. The molecular weight excluding hydrogens is 306 g/mol. The normalized spacial score (nSPS) is 10.8. The molecule has 0 aliphatic rings. The number of rotatable bonds is 8. The molecule has 0 saturated carbocycles. The van der Waals surface area contributed by atoms with Crippen molar-refractivity contribution in [3.05, 3.63) is 24.3 Å². The van der Waals surface area contributed by atoms with Gasteiger partial charge < -0.3 is 10.6 Å². The van der Waals surface area contributed by atoms with Crippen molar-refractivity contribution >= 4 is 33.2 Å². The lowest BCUT2D eigenvalue weighted by Gasteiger charge is -2.10. The summed E-state index contributed by atoms with van der Waals surface area (Å²) in [5.74, 6) is -0.615. The van der Waals surface area contributed by atoms with Crippen molar-refractivity contribution in [2.24, 2.45) is 0 Å². The molecule has 0 saturated heterocycles. The first-order chi connectivity index (χ1) is 10.3. The molecule has 0 atom stereocenters. The second kappa shape index (κ2) is 8.38. The second-order valence-corrected chi connectivity index (χ2v) is 6.62. The summed E-state index contributed by atoms with van der Waals surface area (Å²) in [6.07, 6.45) is 1.10. The summed E-state index contributed by atoms with van der Waals surface area (Å²) in [7, 11) is -3.57. The maximum Gasteiger partial charge on any atom is 0.234 e. The zero-order chi connectivity index (χ0) is 16.6. The molecule has 0 aliphatic carbocycles. The van der Waals surface area contributed by atoms with Crippen LogP contribution in [0.15, 0.2) is 24.3 Å². The van der Waals surface area contributed by atoms with E-state index < -0.39 is 10.0 Å². The van der Waals surface area contributed by atoms with Crippen molar-refractivity contribution in [2.75, 3.05) is 22.3 Å². The van der Waals surface area contributed by atoms with Crippen LogP contribution < -0.4 is 15.4 Å². The van der Waals surface area contributed by atoms with Gasteiger partial charge in [0.05, 0.1) is 11.4 Å². The van der Waals surface area contributed by atoms with Gasteiger partial charge in [0.25, 0.3) is 0 Å². The average Bonchev–Trinajstić information content (AvgIpc) is 2.37. The lowest BCUT2D eigenvalue weighted by Crippen LogP contribution is -2.30. The lowest BCUT2D eigenvalue weighted by atomic mass is 10.3. The van der Waals surface area contributed by atoms with Crippen molar-refractivity contribution < 1.29 is 18.0 Å². The quantitative estimate of drug-likeness (QED) is 0.669. The fraction of sp³-hybridized carbons (Fsp3) is 0.429. The highest BCUT2D eigenvalue weighted by Gasteiger charge is 2.11. The maximum atomic E-state index is 11.9. The van der Waals surface area contributed by atoms with E-state index in [0.29, 0.717) is 24.2 Å². The Labute approximate surface area is 130 Å². The predicted octanol–water partition coefficient (Wildman–Crippen LogP) is 1.30. The third-order valence-corrected chi connectivity index (χ3v) is 3.91. The van der Waals surface area contributed by atoms with Gasteiger partial charge in [-0.2, -0.15) is 0 Å². The molecule has 0 heterocycles. The molecule has 1 aromatic carbocycles. The minimum Gasteiger partial charge on any atom is -0.355 e. The second-order valence-electron chi connectivity index (χ2n) is 4.78. The number of amides is 2. The predicted molar refractivity (Wildman–Crippen MR) is 86.1 cm³/mol. The monoisotopic (exact) mass is 327 g/mol. The van der Waals surface area contributed by atoms with E-state index in [1.165, 1.54) is 13.0 Å². The summed E-state index contributed by atoms with van der Waals surface area (Å²) in [6, 6.07) is 6.39. The zero-order valence-electron chi connectivity index (χ0n) is 12.7. The zero-order valence-corrected chi connectivity index (χ0v) is 13.5. The third-order valence-electron chi connectivity index (χ3n) is 2.63. The summed E-state index contributed by atoms with van der Waals surface area (Å²) in [6.45, 7) is 3.30. The summed E-state index contributed by atoms with van der Waals surface area (Å²) >= 11 is 0. The number of anilines is 2. The Morgan fingerprint density at radius 1 is 1.18 bits per heavy atom. The molecule has 0 spiro atoms. The van der Waals surface area contributed by atoms with E-state index >= 15 is 0 Å². The first-order valence-electron chi connectivity index (χ1n) is 6.97. The highest BCUT2D eigenvalue weighted by atomic mass is 32.2. The topological polar surface area (TPSA) is 104 Å². The van der Waals surface area contributed by atoms with E-state index in [0.717, 1.165) is 0 Å². The molecule has 0 unspecified atom stereocenters.